The molecule has 2 heterocycles. The lowest BCUT2D eigenvalue weighted by Gasteiger charge is -2.23. The third kappa shape index (κ3) is 2.57. The lowest BCUT2D eigenvalue weighted by molar-refractivity contribution is 0.349. The minimum atomic E-state index is -3.53. The number of benzene rings is 1. The van der Waals surface area contributed by atoms with Gasteiger partial charge in [-0.25, -0.2) is 8.42 Å². The van der Waals surface area contributed by atoms with Gasteiger partial charge in [0, 0.05) is 12.6 Å². The predicted molar refractivity (Wildman–Crippen MR) is 83.0 cm³/mol. The third-order valence-electron chi connectivity index (χ3n) is 4.12. The molecule has 2 aromatic rings. The Morgan fingerprint density at radius 2 is 2.00 bits per heavy atom. The largest absolute Gasteiger partial charge is 0.361 e. The molecule has 3 rings (SSSR count). The first kappa shape index (κ1) is 15.2. The first-order valence-corrected chi connectivity index (χ1v) is 8.86. The summed E-state index contributed by atoms with van der Waals surface area (Å²) in [5.74, 6) is 0.700. The number of nitrogens with zero attached hydrogens (tertiary/aromatic N) is 2. The maximum atomic E-state index is 13.1. The zero-order valence-electron chi connectivity index (χ0n) is 13.0. The Balaban J connectivity index is 2.02. The van der Waals surface area contributed by atoms with Gasteiger partial charge in [-0.1, -0.05) is 17.3 Å². The summed E-state index contributed by atoms with van der Waals surface area (Å²) in [4.78, 5) is 0.389. The van der Waals surface area contributed by atoms with Crippen molar-refractivity contribution < 1.29 is 12.9 Å². The van der Waals surface area contributed by atoms with Crippen molar-refractivity contribution in [2.24, 2.45) is 0 Å². The second-order valence-corrected chi connectivity index (χ2v) is 7.76. The summed E-state index contributed by atoms with van der Waals surface area (Å²) in [6.07, 6.45) is 1.61. The molecule has 0 radical (unpaired) electrons. The molecule has 0 amide bonds. The van der Waals surface area contributed by atoms with E-state index in [-0.39, 0.29) is 6.04 Å². The van der Waals surface area contributed by atoms with Crippen LogP contribution in [-0.2, 0) is 10.0 Å². The molecule has 0 spiro atoms. The third-order valence-corrected chi connectivity index (χ3v) is 6.17. The maximum Gasteiger partial charge on any atom is 0.243 e. The molecule has 0 N–H and O–H groups in total. The van der Waals surface area contributed by atoms with Crippen molar-refractivity contribution in [3.05, 3.63) is 46.8 Å². The minimum absolute atomic E-state index is 0.234. The van der Waals surface area contributed by atoms with Crippen molar-refractivity contribution in [1.82, 2.24) is 9.46 Å². The van der Waals surface area contributed by atoms with Crippen molar-refractivity contribution in [1.29, 1.82) is 0 Å². The van der Waals surface area contributed by atoms with Gasteiger partial charge in [0.05, 0.1) is 10.9 Å². The molecular weight excluding hydrogens is 300 g/mol. The first-order chi connectivity index (χ1) is 10.4. The molecule has 5 nitrogen and oxygen atoms in total. The maximum absolute atomic E-state index is 13.1. The van der Waals surface area contributed by atoms with Crippen molar-refractivity contribution >= 4 is 10.0 Å². The number of sulfonamides is 1. The van der Waals surface area contributed by atoms with Gasteiger partial charge in [0.2, 0.25) is 10.0 Å². The fourth-order valence-electron chi connectivity index (χ4n) is 2.98. The number of hydrogen-bond donors (Lipinski definition) is 0. The van der Waals surface area contributed by atoms with Crippen LogP contribution < -0.4 is 0 Å². The Morgan fingerprint density at radius 1 is 1.23 bits per heavy atom. The number of aryl methyl sites for hydroxylation is 3. The molecule has 118 valence electrons. The summed E-state index contributed by atoms with van der Waals surface area (Å²) in [5, 5.41) is 4.01. The summed E-state index contributed by atoms with van der Waals surface area (Å²) >= 11 is 0. The summed E-state index contributed by atoms with van der Waals surface area (Å²) in [6.45, 7) is 6.07. The van der Waals surface area contributed by atoms with Crippen LogP contribution in [0.5, 0.6) is 0 Å². The average Bonchev–Trinajstić information content (AvgIpc) is 3.09. The van der Waals surface area contributed by atoms with Crippen molar-refractivity contribution in [3.8, 4) is 0 Å². The van der Waals surface area contributed by atoms with E-state index in [9.17, 15) is 8.42 Å². The highest BCUT2D eigenvalue weighted by molar-refractivity contribution is 7.89. The fraction of sp³-hybridized carbons (Fsp3) is 0.438. The molecule has 0 saturated carbocycles. The van der Waals surface area contributed by atoms with Crippen molar-refractivity contribution in [2.75, 3.05) is 6.54 Å². The van der Waals surface area contributed by atoms with Gasteiger partial charge >= 0.3 is 0 Å². The van der Waals surface area contributed by atoms with E-state index in [1.165, 1.54) is 0 Å². The SMILES string of the molecule is Cc1ccc(C)c(S(=O)(=O)N2CCCC2c2cc(C)on2)c1. The zero-order chi connectivity index (χ0) is 15.9. The Morgan fingerprint density at radius 3 is 2.68 bits per heavy atom. The van der Waals surface area contributed by atoms with E-state index in [0.717, 1.165) is 24.0 Å². The van der Waals surface area contributed by atoms with Crippen LogP contribution in [0.2, 0.25) is 0 Å². The van der Waals surface area contributed by atoms with Gasteiger partial charge in [0.25, 0.3) is 0 Å². The molecule has 0 bridgehead atoms. The predicted octanol–water partition coefficient (Wildman–Crippen LogP) is 3.13. The Bertz CT molecular complexity index is 795. The number of rotatable bonds is 3. The zero-order valence-corrected chi connectivity index (χ0v) is 13.9. The van der Waals surface area contributed by atoms with Crippen molar-refractivity contribution in [3.63, 3.8) is 0 Å². The first-order valence-electron chi connectivity index (χ1n) is 7.42. The van der Waals surface area contributed by atoms with E-state index in [4.69, 9.17) is 4.52 Å². The second kappa shape index (κ2) is 5.52. The molecule has 1 unspecified atom stereocenters. The lowest BCUT2D eigenvalue weighted by Crippen LogP contribution is -2.31. The molecule has 1 aromatic heterocycles. The number of hydrogen-bond acceptors (Lipinski definition) is 4. The van der Waals surface area contributed by atoms with Gasteiger partial charge in [0.15, 0.2) is 0 Å². The van der Waals surface area contributed by atoms with Crippen molar-refractivity contribution in [2.45, 2.75) is 44.6 Å². The smallest absolute Gasteiger partial charge is 0.243 e. The van der Waals surface area contributed by atoms with Crippen LogP contribution in [0.3, 0.4) is 0 Å². The molecule has 1 fully saturated rings. The molecule has 6 heteroatoms. The van der Waals surface area contributed by atoms with E-state index in [0.29, 0.717) is 22.9 Å². The molecule has 1 aliphatic rings. The average molecular weight is 320 g/mol. The van der Waals surface area contributed by atoms with E-state index >= 15 is 0 Å². The number of aromatic nitrogens is 1. The standard InChI is InChI=1S/C16H20N2O3S/c1-11-6-7-12(2)16(9-11)22(19,20)18-8-4-5-15(18)14-10-13(3)21-17-14/h6-7,9-10,15H,4-5,8H2,1-3H3. The molecule has 1 aromatic carbocycles. The van der Waals surface area contributed by atoms with Crippen LogP contribution in [0.4, 0.5) is 0 Å². The van der Waals surface area contributed by atoms with Gasteiger partial charge in [-0.2, -0.15) is 4.31 Å². The molecule has 0 aliphatic carbocycles. The van der Waals surface area contributed by atoms with Crippen LogP contribution in [0.25, 0.3) is 0 Å². The Labute approximate surface area is 131 Å². The lowest BCUT2D eigenvalue weighted by atomic mass is 10.1. The Kier molecular flexibility index (Phi) is 3.82. The molecule has 1 saturated heterocycles. The van der Waals surface area contributed by atoms with Crippen LogP contribution in [0.15, 0.2) is 33.7 Å². The van der Waals surface area contributed by atoms with Gasteiger partial charge in [-0.05, 0) is 50.8 Å². The summed E-state index contributed by atoms with van der Waals surface area (Å²) in [6, 6.07) is 7.11. The summed E-state index contributed by atoms with van der Waals surface area (Å²) in [5.41, 5.74) is 2.41. The van der Waals surface area contributed by atoms with Gasteiger partial charge in [0.1, 0.15) is 11.5 Å². The van der Waals surface area contributed by atoms with Crippen LogP contribution in [0, 0.1) is 20.8 Å². The van der Waals surface area contributed by atoms with Crippen LogP contribution >= 0.6 is 0 Å². The summed E-state index contributed by atoms with van der Waals surface area (Å²) < 4.78 is 32.8. The highest BCUT2D eigenvalue weighted by atomic mass is 32.2. The van der Waals surface area contributed by atoms with Gasteiger partial charge in [-0.15, -0.1) is 0 Å². The molecule has 22 heavy (non-hydrogen) atoms. The monoisotopic (exact) mass is 320 g/mol. The van der Waals surface area contributed by atoms with Gasteiger partial charge < -0.3 is 4.52 Å². The van der Waals surface area contributed by atoms with E-state index in [2.05, 4.69) is 5.16 Å². The van der Waals surface area contributed by atoms with Gasteiger partial charge in [-0.3, -0.25) is 0 Å². The second-order valence-electron chi connectivity index (χ2n) is 5.91. The highest BCUT2D eigenvalue weighted by Gasteiger charge is 2.38. The quantitative estimate of drug-likeness (QED) is 0.871. The van der Waals surface area contributed by atoms with E-state index in [1.54, 1.807) is 10.4 Å². The van der Waals surface area contributed by atoms with Crippen LogP contribution in [-0.4, -0.2) is 24.4 Å². The molecule has 1 aliphatic heterocycles. The molecular formula is C16H20N2O3S. The Hall–Kier alpha value is -1.66. The van der Waals surface area contributed by atoms with Crippen LogP contribution in [0.1, 0.15) is 41.5 Å². The highest BCUT2D eigenvalue weighted by Crippen LogP contribution is 2.37. The summed E-state index contributed by atoms with van der Waals surface area (Å²) in [7, 11) is -3.53. The topological polar surface area (TPSA) is 63.4 Å². The molecule has 1 atom stereocenters. The van der Waals surface area contributed by atoms with E-state index < -0.39 is 10.0 Å². The minimum Gasteiger partial charge on any atom is -0.361 e. The van der Waals surface area contributed by atoms with E-state index in [1.807, 2.05) is 39.0 Å². The normalized spacial score (nSPS) is 19.7. The fourth-order valence-corrected chi connectivity index (χ4v) is 4.96.